The van der Waals surface area contributed by atoms with Crippen molar-refractivity contribution in [2.75, 3.05) is 5.43 Å². The zero-order valence-corrected chi connectivity index (χ0v) is 12.0. The van der Waals surface area contributed by atoms with E-state index >= 15 is 0 Å². The number of aromatic nitrogens is 2. The van der Waals surface area contributed by atoms with Crippen LogP contribution in [0.5, 0.6) is 0 Å². The minimum atomic E-state index is -0.465. The molecule has 0 aliphatic heterocycles. The van der Waals surface area contributed by atoms with Crippen molar-refractivity contribution in [2.24, 2.45) is 5.84 Å². The number of fused-ring (bicyclic) bond motifs is 1. The van der Waals surface area contributed by atoms with E-state index in [-0.39, 0.29) is 16.4 Å². The van der Waals surface area contributed by atoms with Crippen molar-refractivity contribution in [1.82, 2.24) is 9.97 Å². The normalized spacial score (nSPS) is 11.0. The maximum atomic E-state index is 14.0. The quantitative estimate of drug-likeness (QED) is 0.559. The van der Waals surface area contributed by atoms with E-state index in [1.54, 1.807) is 6.07 Å². The van der Waals surface area contributed by atoms with Crippen LogP contribution in [0.2, 0.25) is 5.02 Å². The Morgan fingerprint density at radius 1 is 1.35 bits per heavy atom. The molecule has 0 bridgehead atoms. The Hall–Kier alpha value is -1.76. The number of rotatable bonds is 2. The Balaban J connectivity index is 2.32. The van der Waals surface area contributed by atoms with E-state index < -0.39 is 5.82 Å². The summed E-state index contributed by atoms with van der Waals surface area (Å²) in [5, 5.41) is 1.08. The number of aryl methyl sites for hydroxylation is 1. The van der Waals surface area contributed by atoms with E-state index in [0.29, 0.717) is 5.82 Å². The molecule has 0 aliphatic carbocycles. The first kappa shape index (κ1) is 13.2. The highest BCUT2D eigenvalue weighted by molar-refractivity contribution is 7.18. The third-order valence-corrected chi connectivity index (χ3v) is 4.10. The number of thiophene rings is 1. The molecule has 3 N–H and O–H groups in total. The molecular weight excluding hydrogens is 299 g/mol. The SMILES string of the molecule is Cc1cc2c(NN)nc(-c3c(F)cccc3Cl)nc2s1. The molecule has 0 amide bonds. The number of hydrogen-bond acceptors (Lipinski definition) is 5. The van der Waals surface area contributed by atoms with E-state index in [4.69, 9.17) is 17.4 Å². The van der Waals surface area contributed by atoms with Gasteiger partial charge in [0.05, 0.1) is 16.0 Å². The van der Waals surface area contributed by atoms with Gasteiger partial charge in [0.1, 0.15) is 10.6 Å². The molecule has 0 atom stereocenters. The molecule has 0 radical (unpaired) electrons. The van der Waals surface area contributed by atoms with E-state index in [1.165, 1.54) is 23.5 Å². The smallest absolute Gasteiger partial charge is 0.167 e. The van der Waals surface area contributed by atoms with E-state index in [2.05, 4.69) is 15.4 Å². The monoisotopic (exact) mass is 308 g/mol. The molecule has 0 saturated heterocycles. The van der Waals surface area contributed by atoms with E-state index in [9.17, 15) is 4.39 Å². The van der Waals surface area contributed by atoms with Gasteiger partial charge in [0.25, 0.3) is 0 Å². The molecule has 2 heterocycles. The Bertz CT molecular complexity index is 782. The first-order chi connectivity index (χ1) is 9.60. The van der Waals surface area contributed by atoms with Gasteiger partial charge in [-0.25, -0.2) is 20.2 Å². The number of halogens is 2. The summed E-state index contributed by atoms with van der Waals surface area (Å²) in [7, 11) is 0. The predicted octanol–water partition coefficient (Wildman–Crippen LogP) is 3.74. The molecule has 1 aromatic carbocycles. The maximum Gasteiger partial charge on any atom is 0.167 e. The highest BCUT2D eigenvalue weighted by Crippen LogP contribution is 2.33. The molecular formula is C13H10ClFN4S. The van der Waals surface area contributed by atoms with Gasteiger partial charge in [-0.05, 0) is 25.1 Å². The molecule has 0 saturated carbocycles. The molecule has 4 nitrogen and oxygen atoms in total. The fourth-order valence-corrected chi connectivity index (χ4v) is 3.10. The maximum absolute atomic E-state index is 14.0. The Labute approximate surface area is 123 Å². The minimum absolute atomic E-state index is 0.179. The summed E-state index contributed by atoms with van der Waals surface area (Å²) in [5.41, 5.74) is 2.70. The number of nitrogens with one attached hydrogen (secondary N) is 1. The first-order valence-electron chi connectivity index (χ1n) is 5.79. The van der Waals surface area contributed by atoms with Crippen molar-refractivity contribution in [2.45, 2.75) is 6.92 Å². The molecule has 0 unspecified atom stereocenters. The summed E-state index contributed by atoms with van der Waals surface area (Å²) in [6.07, 6.45) is 0. The summed E-state index contributed by atoms with van der Waals surface area (Å²) in [4.78, 5) is 10.5. The van der Waals surface area contributed by atoms with Crippen LogP contribution in [0, 0.1) is 12.7 Å². The highest BCUT2D eigenvalue weighted by Gasteiger charge is 2.16. The van der Waals surface area contributed by atoms with Crippen LogP contribution in [0.15, 0.2) is 24.3 Å². The number of nitrogens with zero attached hydrogens (tertiary/aromatic N) is 2. The Morgan fingerprint density at radius 3 is 2.85 bits per heavy atom. The van der Waals surface area contributed by atoms with Gasteiger partial charge in [-0.15, -0.1) is 11.3 Å². The second-order valence-corrected chi connectivity index (χ2v) is 5.85. The van der Waals surface area contributed by atoms with Gasteiger partial charge in [-0.3, -0.25) is 0 Å². The van der Waals surface area contributed by atoms with Crippen molar-refractivity contribution in [3.63, 3.8) is 0 Å². The molecule has 3 aromatic rings. The Morgan fingerprint density at radius 2 is 2.15 bits per heavy atom. The second-order valence-electron chi connectivity index (χ2n) is 4.21. The van der Waals surface area contributed by atoms with Gasteiger partial charge in [0.15, 0.2) is 11.6 Å². The topological polar surface area (TPSA) is 63.8 Å². The number of hydrogen-bond donors (Lipinski definition) is 2. The fraction of sp³-hybridized carbons (Fsp3) is 0.0769. The molecule has 0 fully saturated rings. The van der Waals surface area contributed by atoms with Crippen LogP contribution in [-0.2, 0) is 0 Å². The van der Waals surface area contributed by atoms with Gasteiger partial charge < -0.3 is 5.43 Å². The number of hydrazine groups is 1. The third kappa shape index (κ3) is 2.11. The van der Waals surface area contributed by atoms with Crippen molar-refractivity contribution < 1.29 is 4.39 Å². The lowest BCUT2D eigenvalue weighted by Gasteiger charge is -2.07. The lowest BCUT2D eigenvalue weighted by atomic mass is 10.2. The average Bonchev–Trinajstić information content (AvgIpc) is 2.77. The van der Waals surface area contributed by atoms with Gasteiger partial charge in [0, 0.05) is 4.88 Å². The van der Waals surface area contributed by atoms with Crippen LogP contribution in [0.4, 0.5) is 10.2 Å². The zero-order chi connectivity index (χ0) is 14.3. The summed E-state index contributed by atoms with van der Waals surface area (Å²) in [6.45, 7) is 1.96. The number of anilines is 1. The lowest BCUT2D eigenvalue weighted by molar-refractivity contribution is 0.630. The summed E-state index contributed by atoms with van der Waals surface area (Å²) >= 11 is 7.54. The minimum Gasteiger partial charge on any atom is -0.308 e. The van der Waals surface area contributed by atoms with Gasteiger partial charge in [0.2, 0.25) is 0 Å². The number of nitrogens with two attached hydrogens (primary N) is 1. The van der Waals surface area contributed by atoms with Gasteiger partial charge in [-0.2, -0.15) is 0 Å². The molecule has 0 aliphatic rings. The Kier molecular flexibility index (Phi) is 3.29. The van der Waals surface area contributed by atoms with Crippen LogP contribution in [0.25, 0.3) is 21.6 Å². The van der Waals surface area contributed by atoms with Gasteiger partial charge >= 0.3 is 0 Å². The van der Waals surface area contributed by atoms with E-state index in [0.717, 1.165) is 15.1 Å². The van der Waals surface area contributed by atoms with Crippen LogP contribution in [0.1, 0.15) is 4.88 Å². The summed E-state index contributed by atoms with van der Waals surface area (Å²) in [5.74, 6) is 5.69. The largest absolute Gasteiger partial charge is 0.308 e. The summed E-state index contributed by atoms with van der Waals surface area (Å²) < 4.78 is 14.0. The molecule has 20 heavy (non-hydrogen) atoms. The van der Waals surface area contributed by atoms with Crippen LogP contribution >= 0.6 is 22.9 Å². The van der Waals surface area contributed by atoms with Crippen molar-refractivity contribution in [3.05, 3.63) is 40.0 Å². The van der Waals surface area contributed by atoms with Crippen molar-refractivity contribution in [3.8, 4) is 11.4 Å². The van der Waals surface area contributed by atoms with Crippen LogP contribution in [-0.4, -0.2) is 9.97 Å². The average molecular weight is 309 g/mol. The standard InChI is InChI=1S/C13H10ClFN4S/c1-6-5-7-11(19-16)17-12(18-13(7)20-6)10-8(14)3-2-4-9(10)15/h2-5H,16H2,1H3,(H,17,18,19). The number of nitrogen functional groups attached to an aromatic ring is 1. The molecule has 3 rings (SSSR count). The van der Waals surface area contributed by atoms with E-state index in [1.807, 2.05) is 13.0 Å². The number of benzene rings is 1. The first-order valence-corrected chi connectivity index (χ1v) is 6.99. The van der Waals surface area contributed by atoms with Crippen molar-refractivity contribution in [1.29, 1.82) is 0 Å². The van der Waals surface area contributed by atoms with Crippen LogP contribution < -0.4 is 11.3 Å². The predicted molar refractivity (Wildman–Crippen MR) is 80.4 cm³/mol. The molecule has 102 valence electrons. The molecule has 0 spiro atoms. The molecule has 2 aromatic heterocycles. The van der Waals surface area contributed by atoms with Crippen molar-refractivity contribution >= 4 is 39.0 Å². The van der Waals surface area contributed by atoms with Gasteiger partial charge in [-0.1, -0.05) is 17.7 Å². The third-order valence-electron chi connectivity index (χ3n) is 2.84. The zero-order valence-electron chi connectivity index (χ0n) is 10.4. The highest BCUT2D eigenvalue weighted by atomic mass is 35.5. The lowest BCUT2D eigenvalue weighted by Crippen LogP contribution is -2.10. The molecule has 7 heteroatoms. The fourth-order valence-electron chi connectivity index (χ4n) is 1.98. The summed E-state index contributed by atoms with van der Waals surface area (Å²) in [6, 6.07) is 6.39. The van der Waals surface area contributed by atoms with Crippen LogP contribution in [0.3, 0.4) is 0 Å². The second kappa shape index (κ2) is 4.97.